The molecule has 134 valence electrons. The first kappa shape index (κ1) is 18.7. The fourth-order valence-corrected chi connectivity index (χ4v) is 3.08. The van der Waals surface area contributed by atoms with Gasteiger partial charge in [0.05, 0.1) is 19.3 Å². The van der Waals surface area contributed by atoms with Crippen molar-refractivity contribution in [1.29, 1.82) is 0 Å². The Morgan fingerprint density at radius 3 is 2.54 bits per heavy atom. The van der Waals surface area contributed by atoms with E-state index in [2.05, 4.69) is 48.4 Å². The summed E-state index contributed by atoms with van der Waals surface area (Å²) in [6, 6.07) is 10.1. The first-order valence-corrected chi connectivity index (χ1v) is 8.95. The number of carbonyl (C=O) groups excluding carboxylic acids is 1. The Hall–Kier alpha value is -1.59. The SMILES string of the molecule is CCCC(NC(=O)NCC(C)(C)N1CCOCC1)c1ccccc1. The van der Waals surface area contributed by atoms with Gasteiger partial charge in [-0.3, -0.25) is 4.90 Å². The molecule has 2 amide bonds. The van der Waals surface area contributed by atoms with Crippen LogP contribution in [0, 0.1) is 0 Å². The van der Waals surface area contributed by atoms with Gasteiger partial charge >= 0.3 is 6.03 Å². The molecule has 0 aliphatic carbocycles. The van der Waals surface area contributed by atoms with Gasteiger partial charge in [-0.2, -0.15) is 0 Å². The molecular formula is C19H31N3O2. The molecule has 0 spiro atoms. The van der Waals surface area contributed by atoms with Crippen LogP contribution in [0.5, 0.6) is 0 Å². The van der Waals surface area contributed by atoms with Crippen molar-refractivity contribution < 1.29 is 9.53 Å². The summed E-state index contributed by atoms with van der Waals surface area (Å²) in [6.45, 7) is 10.4. The van der Waals surface area contributed by atoms with E-state index in [1.54, 1.807) is 0 Å². The van der Waals surface area contributed by atoms with Gasteiger partial charge in [-0.05, 0) is 25.8 Å². The number of benzene rings is 1. The highest BCUT2D eigenvalue weighted by Gasteiger charge is 2.28. The second-order valence-corrected chi connectivity index (χ2v) is 6.99. The number of hydrogen-bond acceptors (Lipinski definition) is 3. The fraction of sp³-hybridized carbons (Fsp3) is 0.632. The lowest BCUT2D eigenvalue weighted by Crippen LogP contribution is -2.56. The van der Waals surface area contributed by atoms with Crippen LogP contribution in [0.4, 0.5) is 4.79 Å². The zero-order valence-electron chi connectivity index (χ0n) is 15.2. The molecular weight excluding hydrogens is 302 g/mol. The summed E-state index contributed by atoms with van der Waals surface area (Å²) in [5.74, 6) is 0. The molecule has 0 saturated carbocycles. The van der Waals surface area contributed by atoms with Gasteiger partial charge in [0.15, 0.2) is 0 Å². The van der Waals surface area contributed by atoms with E-state index in [1.807, 2.05) is 18.2 Å². The molecule has 2 rings (SSSR count). The number of carbonyl (C=O) groups is 1. The smallest absolute Gasteiger partial charge is 0.315 e. The van der Waals surface area contributed by atoms with E-state index in [4.69, 9.17) is 4.74 Å². The molecule has 5 heteroatoms. The average Bonchev–Trinajstić information content (AvgIpc) is 2.61. The molecule has 1 atom stereocenters. The molecule has 5 nitrogen and oxygen atoms in total. The van der Waals surface area contributed by atoms with Crippen LogP contribution in [0.25, 0.3) is 0 Å². The first-order chi connectivity index (χ1) is 11.5. The minimum atomic E-state index is -0.0985. The summed E-state index contributed by atoms with van der Waals surface area (Å²) >= 11 is 0. The van der Waals surface area contributed by atoms with Crippen LogP contribution in [0.1, 0.15) is 45.2 Å². The molecule has 1 aromatic carbocycles. The number of urea groups is 1. The summed E-state index contributed by atoms with van der Waals surface area (Å²) in [4.78, 5) is 14.7. The van der Waals surface area contributed by atoms with Gasteiger partial charge in [-0.15, -0.1) is 0 Å². The number of nitrogens with one attached hydrogen (secondary N) is 2. The minimum absolute atomic E-state index is 0.0581. The van der Waals surface area contributed by atoms with Gasteiger partial charge in [0, 0.05) is 25.2 Å². The Labute approximate surface area is 145 Å². The first-order valence-electron chi connectivity index (χ1n) is 8.95. The molecule has 1 fully saturated rings. The summed E-state index contributed by atoms with van der Waals surface area (Å²) in [5.41, 5.74) is 1.08. The van der Waals surface area contributed by atoms with E-state index in [9.17, 15) is 4.79 Å². The number of amides is 2. The lowest BCUT2D eigenvalue weighted by atomic mass is 10.0. The maximum Gasteiger partial charge on any atom is 0.315 e. The van der Waals surface area contributed by atoms with Crippen molar-refractivity contribution in [3.05, 3.63) is 35.9 Å². The third kappa shape index (κ3) is 5.49. The predicted molar refractivity (Wildman–Crippen MR) is 97.1 cm³/mol. The zero-order valence-corrected chi connectivity index (χ0v) is 15.2. The molecule has 0 aromatic heterocycles. The van der Waals surface area contributed by atoms with E-state index in [0.717, 1.165) is 44.7 Å². The largest absolute Gasteiger partial charge is 0.379 e. The van der Waals surface area contributed by atoms with Gasteiger partial charge in [0.1, 0.15) is 0 Å². The molecule has 0 bridgehead atoms. The quantitative estimate of drug-likeness (QED) is 0.807. The van der Waals surface area contributed by atoms with E-state index < -0.39 is 0 Å². The summed E-state index contributed by atoms with van der Waals surface area (Å²) in [6.07, 6.45) is 1.96. The van der Waals surface area contributed by atoms with Gasteiger partial charge < -0.3 is 15.4 Å². The van der Waals surface area contributed by atoms with Crippen LogP contribution in [-0.2, 0) is 4.74 Å². The van der Waals surface area contributed by atoms with Crippen LogP contribution in [0.2, 0.25) is 0 Å². The second kappa shape index (κ2) is 9.04. The lowest BCUT2D eigenvalue weighted by molar-refractivity contribution is -0.00876. The zero-order chi connectivity index (χ0) is 17.4. The molecule has 1 aliphatic rings. The molecule has 2 N–H and O–H groups in total. The average molecular weight is 333 g/mol. The summed E-state index contributed by atoms with van der Waals surface area (Å²) in [7, 11) is 0. The van der Waals surface area contributed by atoms with Gasteiger partial charge in [-0.1, -0.05) is 43.7 Å². The molecule has 0 radical (unpaired) electrons. The maximum absolute atomic E-state index is 12.4. The highest BCUT2D eigenvalue weighted by molar-refractivity contribution is 5.74. The summed E-state index contributed by atoms with van der Waals surface area (Å²) < 4.78 is 5.41. The third-order valence-electron chi connectivity index (χ3n) is 4.63. The van der Waals surface area contributed by atoms with E-state index in [-0.39, 0.29) is 17.6 Å². The number of morpholine rings is 1. The fourth-order valence-electron chi connectivity index (χ4n) is 3.08. The molecule has 1 aliphatic heterocycles. The maximum atomic E-state index is 12.4. The van der Waals surface area contributed by atoms with Crippen molar-refractivity contribution in [2.45, 2.75) is 45.2 Å². The van der Waals surface area contributed by atoms with Crippen molar-refractivity contribution in [2.75, 3.05) is 32.8 Å². The monoisotopic (exact) mass is 333 g/mol. The normalized spacial score (nSPS) is 17.3. The Balaban J connectivity index is 1.86. The number of ether oxygens (including phenoxy) is 1. The topological polar surface area (TPSA) is 53.6 Å². The molecule has 24 heavy (non-hydrogen) atoms. The number of nitrogens with zero attached hydrogens (tertiary/aromatic N) is 1. The van der Waals surface area contributed by atoms with Crippen molar-refractivity contribution >= 4 is 6.03 Å². The minimum Gasteiger partial charge on any atom is -0.379 e. The number of rotatable bonds is 7. The highest BCUT2D eigenvalue weighted by atomic mass is 16.5. The third-order valence-corrected chi connectivity index (χ3v) is 4.63. The van der Waals surface area contributed by atoms with Gasteiger partial charge in [0.25, 0.3) is 0 Å². The Morgan fingerprint density at radius 1 is 1.25 bits per heavy atom. The summed E-state index contributed by atoms with van der Waals surface area (Å²) in [5, 5.41) is 6.16. The van der Waals surface area contributed by atoms with E-state index in [0.29, 0.717) is 6.54 Å². The van der Waals surface area contributed by atoms with Crippen LogP contribution < -0.4 is 10.6 Å². The van der Waals surface area contributed by atoms with Crippen LogP contribution in [0.15, 0.2) is 30.3 Å². The van der Waals surface area contributed by atoms with Crippen molar-refractivity contribution in [1.82, 2.24) is 15.5 Å². The Morgan fingerprint density at radius 2 is 1.92 bits per heavy atom. The standard InChI is InChI=1S/C19H31N3O2/c1-4-8-17(16-9-6-5-7-10-16)21-18(23)20-15-19(2,3)22-11-13-24-14-12-22/h5-7,9-10,17H,4,8,11-15H2,1-3H3,(H2,20,21,23). The molecule has 1 heterocycles. The number of hydrogen-bond donors (Lipinski definition) is 2. The molecule has 1 saturated heterocycles. The molecule has 1 aromatic rings. The van der Waals surface area contributed by atoms with E-state index in [1.165, 1.54) is 0 Å². The van der Waals surface area contributed by atoms with Crippen LogP contribution >= 0.6 is 0 Å². The second-order valence-electron chi connectivity index (χ2n) is 6.99. The Bertz CT molecular complexity index is 499. The highest BCUT2D eigenvalue weighted by Crippen LogP contribution is 2.18. The van der Waals surface area contributed by atoms with Gasteiger partial charge in [0.2, 0.25) is 0 Å². The van der Waals surface area contributed by atoms with Crippen LogP contribution in [-0.4, -0.2) is 49.3 Å². The predicted octanol–water partition coefficient (Wildman–Crippen LogP) is 2.94. The van der Waals surface area contributed by atoms with Crippen LogP contribution in [0.3, 0.4) is 0 Å². The van der Waals surface area contributed by atoms with Gasteiger partial charge in [-0.25, -0.2) is 4.79 Å². The van der Waals surface area contributed by atoms with Crippen molar-refractivity contribution in [2.24, 2.45) is 0 Å². The molecule has 1 unspecified atom stereocenters. The van der Waals surface area contributed by atoms with Crippen molar-refractivity contribution in [3.63, 3.8) is 0 Å². The van der Waals surface area contributed by atoms with E-state index >= 15 is 0 Å². The Kier molecular flexibility index (Phi) is 7.06. The van der Waals surface area contributed by atoms with Crippen molar-refractivity contribution in [3.8, 4) is 0 Å². The lowest BCUT2D eigenvalue weighted by Gasteiger charge is -2.40.